The molecule has 8 heteroatoms. The maximum Gasteiger partial charge on any atom is 0.503 e. The lowest BCUT2D eigenvalue weighted by molar-refractivity contribution is -0.172. The molecule has 0 spiro atoms. The van der Waals surface area contributed by atoms with E-state index in [1.165, 1.54) is 32.1 Å². The second-order valence-corrected chi connectivity index (χ2v) is 6.38. The van der Waals surface area contributed by atoms with Gasteiger partial charge in [0.25, 0.3) is 0 Å². The molecule has 1 aliphatic carbocycles. The van der Waals surface area contributed by atoms with Crippen molar-refractivity contribution in [2.45, 2.75) is 72.0 Å². The van der Waals surface area contributed by atoms with Gasteiger partial charge in [0.2, 0.25) is 6.29 Å². The van der Waals surface area contributed by atoms with Crippen LogP contribution in [0.5, 0.6) is 0 Å². The number of hydrogen-bond donors (Lipinski definition) is 3. The lowest BCUT2D eigenvalue weighted by atomic mass is 9.89. The molecule has 0 radical (unpaired) electrons. The van der Waals surface area contributed by atoms with E-state index in [1.54, 1.807) is 13.8 Å². The average molecular weight is 361 g/mol. The Labute approximate surface area is 148 Å². The first-order valence-electron chi connectivity index (χ1n) is 8.83. The second kappa shape index (κ2) is 13.3. The van der Waals surface area contributed by atoms with Gasteiger partial charge in [0.15, 0.2) is 0 Å². The largest absolute Gasteiger partial charge is 0.503 e. The average Bonchev–Trinajstić information content (AvgIpc) is 2.53. The number of carboxylic acid groups (broad SMARTS) is 2. The fraction of sp³-hybridized carbons (Fsp3) is 0.824. The molecule has 1 atom stereocenters. The van der Waals surface area contributed by atoms with Gasteiger partial charge in [0.05, 0.1) is 5.92 Å². The summed E-state index contributed by atoms with van der Waals surface area (Å²) in [5.74, 6) is -0.0130. The first kappa shape index (κ1) is 23.0. The van der Waals surface area contributed by atoms with Gasteiger partial charge in [0, 0.05) is 13.0 Å². The molecule has 1 rings (SSSR count). The molecule has 3 N–H and O–H groups in total. The number of alkyl carbamates (subject to hydrolysis) is 1. The van der Waals surface area contributed by atoms with Gasteiger partial charge in [-0.3, -0.25) is 4.79 Å². The Balaban J connectivity index is 0.00000129. The molecule has 1 fully saturated rings. The number of hydrogen-bond acceptors (Lipinski definition) is 5. The molecule has 0 heterocycles. The number of carbonyl (C=O) groups is 3. The van der Waals surface area contributed by atoms with Crippen LogP contribution in [0.2, 0.25) is 0 Å². The van der Waals surface area contributed by atoms with Crippen molar-refractivity contribution in [3.05, 3.63) is 0 Å². The zero-order valence-corrected chi connectivity index (χ0v) is 15.3. The van der Waals surface area contributed by atoms with Crippen LogP contribution in [0.25, 0.3) is 0 Å². The van der Waals surface area contributed by atoms with Crippen LogP contribution in [0, 0.1) is 11.8 Å². The summed E-state index contributed by atoms with van der Waals surface area (Å²) in [6, 6.07) is 0. The third-order valence-electron chi connectivity index (χ3n) is 3.74. The fourth-order valence-corrected chi connectivity index (χ4v) is 2.42. The summed E-state index contributed by atoms with van der Waals surface area (Å²) in [6.45, 7) is 6.12. The number of nitrogens with one attached hydrogen (secondary N) is 1. The van der Waals surface area contributed by atoms with Crippen molar-refractivity contribution in [1.29, 1.82) is 0 Å². The van der Waals surface area contributed by atoms with Crippen LogP contribution in [0.15, 0.2) is 0 Å². The van der Waals surface area contributed by atoms with E-state index in [1.807, 2.05) is 6.92 Å². The van der Waals surface area contributed by atoms with Gasteiger partial charge in [-0.25, -0.2) is 9.59 Å². The first-order valence-corrected chi connectivity index (χ1v) is 8.83. The molecule has 0 bridgehead atoms. The molecule has 1 unspecified atom stereocenters. The normalized spacial score (nSPS) is 15.5. The highest BCUT2D eigenvalue weighted by Gasteiger charge is 2.21. The Kier molecular flexibility index (Phi) is 12.3. The Morgan fingerprint density at radius 1 is 1.08 bits per heavy atom. The highest BCUT2D eigenvalue weighted by atomic mass is 16.7. The maximum atomic E-state index is 11.8. The lowest BCUT2D eigenvalue weighted by Crippen LogP contribution is -2.35. The number of ether oxygens (including phenoxy) is 2. The van der Waals surface area contributed by atoms with Gasteiger partial charge >= 0.3 is 18.2 Å². The summed E-state index contributed by atoms with van der Waals surface area (Å²) in [7, 11) is 0. The molecule has 0 aromatic rings. The molecule has 0 aromatic heterocycles. The molecule has 0 saturated heterocycles. The molecule has 146 valence electrons. The van der Waals surface area contributed by atoms with Crippen molar-refractivity contribution in [2.75, 3.05) is 6.54 Å². The van der Waals surface area contributed by atoms with Gasteiger partial charge < -0.3 is 25.0 Å². The summed E-state index contributed by atoms with van der Waals surface area (Å²) >= 11 is 0. The second-order valence-electron chi connectivity index (χ2n) is 6.38. The minimum absolute atomic E-state index is 0.224. The summed E-state index contributed by atoms with van der Waals surface area (Å²) in [5, 5.41) is 16.7. The standard InChI is InChI=1S/C16H29NO4.CH2O3/c1-4-8-14(20-15(18)12(2)3)21-16(19)17-11-13-9-6-5-7-10-13;2-1(3)4/h12-14H,4-11H2,1-3H3,(H,17,19);(H2,2,3,4). The topological polar surface area (TPSA) is 122 Å². The van der Waals surface area contributed by atoms with Crippen molar-refractivity contribution >= 4 is 18.2 Å². The summed E-state index contributed by atoms with van der Waals surface area (Å²) < 4.78 is 10.4. The number of esters is 1. The van der Waals surface area contributed by atoms with Crippen LogP contribution < -0.4 is 5.32 Å². The SMILES string of the molecule is CCCC(OC(=O)NCC1CCCCC1)OC(=O)C(C)C.O=C(O)O. The van der Waals surface area contributed by atoms with Gasteiger partial charge in [-0.2, -0.15) is 0 Å². The summed E-state index contributed by atoms with van der Waals surface area (Å²) in [5.41, 5.74) is 0. The van der Waals surface area contributed by atoms with E-state index < -0.39 is 18.5 Å². The van der Waals surface area contributed by atoms with Crippen molar-refractivity contribution in [2.24, 2.45) is 11.8 Å². The van der Waals surface area contributed by atoms with Crippen LogP contribution in [0.1, 0.15) is 65.7 Å². The first-order chi connectivity index (χ1) is 11.8. The van der Waals surface area contributed by atoms with Crippen LogP contribution in [0.4, 0.5) is 9.59 Å². The number of carbonyl (C=O) groups excluding carboxylic acids is 2. The van der Waals surface area contributed by atoms with Gasteiger partial charge in [-0.05, 0) is 25.2 Å². The van der Waals surface area contributed by atoms with Crippen molar-refractivity contribution < 1.29 is 34.1 Å². The number of amides is 1. The van der Waals surface area contributed by atoms with Gasteiger partial charge in [-0.15, -0.1) is 0 Å². The van der Waals surface area contributed by atoms with Crippen molar-refractivity contribution in [3.8, 4) is 0 Å². The molecule has 1 saturated carbocycles. The van der Waals surface area contributed by atoms with E-state index in [4.69, 9.17) is 24.5 Å². The Bertz CT molecular complexity index is 402. The quantitative estimate of drug-likeness (QED) is 0.465. The molecule has 25 heavy (non-hydrogen) atoms. The van der Waals surface area contributed by atoms with Crippen molar-refractivity contribution in [3.63, 3.8) is 0 Å². The molecule has 0 aromatic carbocycles. The zero-order valence-electron chi connectivity index (χ0n) is 15.3. The Hall–Kier alpha value is -1.99. The van der Waals surface area contributed by atoms with E-state index in [0.717, 1.165) is 6.42 Å². The lowest BCUT2D eigenvalue weighted by Gasteiger charge is -2.23. The molecular weight excluding hydrogens is 330 g/mol. The third-order valence-corrected chi connectivity index (χ3v) is 3.74. The zero-order chi connectivity index (χ0) is 19.2. The van der Waals surface area contributed by atoms with Crippen LogP contribution in [-0.2, 0) is 14.3 Å². The van der Waals surface area contributed by atoms with E-state index >= 15 is 0 Å². The van der Waals surface area contributed by atoms with Crippen molar-refractivity contribution in [1.82, 2.24) is 5.32 Å². The Morgan fingerprint density at radius 3 is 2.12 bits per heavy atom. The van der Waals surface area contributed by atoms with Crippen LogP contribution in [-0.4, -0.2) is 41.3 Å². The highest BCUT2D eigenvalue weighted by molar-refractivity contribution is 5.72. The molecule has 8 nitrogen and oxygen atoms in total. The monoisotopic (exact) mass is 361 g/mol. The molecule has 1 amide bonds. The maximum absolute atomic E-state index is 11.8. The molecule has 1 aliphatic rings. The fourth-order valence-electron chi connectivity index (χ4n) is 2.42. The third kappa shape index (κ3) is 13.0. The van der Waals surface area contributed by atoms with E-state index in [2.05, 4.69) is 5.32 Å². The summed E-state index contributed by atoms with van der Waals surface area (Å²) in [4.78, 5) is 31.9. The highest BCUT2D eigenvalue weighted by Crippen LogP contribution is 2.22. The van der Waals surface area contributed by atoms with Crippen LogP contribution >= 0.6 is 0 Å². The van der Waals surface area contributed by atoms with Gasteiger partial charge in [0.1, 0.15) is 0 Å². The Morgan fingerprint density at radius 2 is 1.64 bits per heavy atom. The van der Waals surface area contributed by atoms with E-state index in [9.17, 15) is 9.59 Å². The minimum atomic E-state index is -1.83. The predicted octanol–water partition coefficient (Wildman–Crippen LogP) is 3.84. The summed E-state index contributed by atoms with van der Waals surface area (Å²) in [6.07, 6.45) is 4.32. The smallest absolute Gasteiger partial charge is 0.450 e. The van der Waals surface area contributed by atoms with Gasteiger partial charge in [-0.1, -0.05) is 40.0 Å². The van der Waals surface area contributed by atoms with E-state index in [-0.39, 0.29) is 11.9 Å². The predicted molar refractivity (Wildman–Crippen MR) is 91.3 cm³/mol. The number of rotatable bonds is 7. The molecule has 0 aliphatic heterocycles. The minimum Gasteiger partial charge on any atom is -0.450 e. The molecular formula is C17H31NO7. The van der Waals surface area contributed by atoms with E-state index in [0.29, 0.717) is 18.9 Å². The van der Waals surface area contributed by atoms with Crippen LogP contribution in [0.3, 0.4) is 0 Å².